The summed E-state index contributed by atoms with van der Waals surface area (Å²) in [5.41, 5.74) is 3.14. The smallest absolute Gasteiger partial charge is 0.190 e. The van der Waals surface area contributed by atoms with E-state index >= 15 is 0 Å². The molecule has 1 saturated carbocycles. The Hall–Kier alpha value is -1.58. The number of aromatic nitrogens is 1. The SMILES string of the molecule is O=c1cc(-c2ccsc2)n(C2CC2)c2cc(Cl)ccc12. The van der Waals surface area contributed by atoms with Crippen molar-refractivity contribution in [2.45, 2.75) is 18.9 Å². The molecular weight excluding hydrogens is 290 g/mol. The molecule has 0 atom stereocenters. The number of pyridine rings is 1. The summed E-state index contributed by atoms with van der Waals surface area (Å²) in [6.07, 6.45) is 2.34. The van der Waals surface area contributed by atoms with Gasteiger partial charge in [0.1, 0.15) is 0 Å². The number of hydrogen-bond acceptors (Lipinski definition) is 2. The summed E-state index contributed by atoms with van der Waals surface area (Å²) in [5, 5.41) is 5.55. The predicted octanol–water partition coefficient (Wildman–Crippen LogP) is 4.72. The van der Waals surface area contributed by atoms with Gasteiger partial charge in [-0.15, -0.1) is 0 Å². The van der Waals surface area contributed by atoms with Crippen LogP contribution in [0.4, 0.5) is 0 Å². The van der Waals surface area contributed by atoms with Gasteiger partial charge in [0, 0.05) is 33.5 Å². The van der Waals surface area contributed by atoms with E-state index in [2.05, 4.69) is 16.0 Å². The fraction of sp³-hybridized carbons (Fsp3) is 0.188. The first kappa shape index (κ1) is 12.2. The number of nitrogens with zero attached hydrogens (tertiary/aromatic N) is 1. The van der Waals surface area contributed by atoms with E-state index in [0.717, 1.165) is 22.2 Å². The number of thiophene rings is 1. The normalized spacial score (nSPS) is 14.8. The molecule has 0 unspecified atom stereocenters. The third kappa shape index (κ3) is 1.89. The van der Waals surface area contributed by atoms with Gasteiger partial charge in [-0.05, 0) is 42.5 Å². The Balaban J connectivity index is 2.14. The minimum Gasteiger partial charge on any atom is -0.337 e. The van der Waals surface area contributed by atoms with Crippen LogP contribution in [0.25, 0.3) is 22.2 Å². The molecule has 100 valence electrons. The van der Waals surface area contributed by atoms with Crippen LogP contribution in [0.15, 0.2) is 45.9 Å². The van der Waals surface area contributed by atoms with Crippen molar-refractivity contribution in [3.63, 3.8) is 0 Å². The van der Waals surface area contributed by atoms with Crippen LogP contribution >= 0.6 is 22.9 Å². The summed E-state index contributed by atoms with van der Waals surface area (Å²) in [7, 11) is 0. The number of benzene rings is 1. The maximum absolute atomic E-state index is 12.3. The molecule has 2 aromatic heterocycles. The van der Waals surface area contributed by atoms with Crippen molar-refractivity contribution >= 4 is 33.8 Å². The molecule has 3 aromatic rings. The summed E-state index contributed by atoms with van der Waals surface area (Å²) in [4.78, 5) is 12.3. The molecule has 4 rings (SSSR count). The van der Waals surface area contributed by atoms with Gasteiger partial charge < -0.3 is 4.57 Å². The van der Waals surface area contributed by atoms with Crippen LogP contribution in [0.2, 0.25) is 5.02 Å². The van der Waals surface area contributed by atoms with Gasteiger partial charge in [0.25, 0.3) is 0 Å². The minimum atomic E-state index is 0.0646. The Labute approximate surface area is 125 Å². The molecule has 1 aliphatic carbocycles. The van der Waals surface area contributed by atoms with Gasteiger partial charge in [-0.1, -0.05) is 11.6 Å². The highest BCUT2D eigenvalue weighted by Crippen LogP contribution is 2.41. The van der Waals surface area contributed by atoms with Crippen LogP contribution in [-0.2, 0) is 0 Å². The van der Waals surface area contributed by atoms with Gasteiger partial charge in [0.15, 0.2) is 5.43 Å². The molecule has 1 fully saturated rings. The van der Waals surface area contributed by atoms with Crippen molar-refractivity contribution in [1.29, 1.82) is 0 Å². The van der Waals surface area contributed by atoms with Crippen molar-refractivity contribution in [3.8, 4) is 11.3 Å². The first-order chi connectivity index (χ1) is 9.74. The van der Waals surface area contributed by atoms with E-state index in [9.17, 15) is 4.79 Å². The molecule has 2 heterocycles. The lowest BCUT2D eigenvalue weighted by Gasteiger charge is -2.16. The molecule has 0 saturated heterocycles. The Morgan fingerprint density at radius 3 is 2.75 bits per heavy atom. The average molecular weight is 302 g/mol. The maximum atomic E-state index is 12.3. The molecule has 0 aliphatic heterocycles. The third-order valence-corrected chi connectivity index (χ3v) is 4.66. The van der Waals surface area contributed by atoms with Crippen LogP contribution in [-0.4, -0.2) is 4.57 Å². The second kappa shape index (κ2) is 4.47. The highest BCUT2D eigenvalue weighted by atomic mass is 35.5. The van der Waals surface area contributed by atoms with Crippen molar-refractivity contribution in [1.82, 2.24) is 4.57 Å². The summed E-state index contributed by atoms with van der Waals surface area (Å²) >= 11 is 7.78. The lowest BCUT2D eigenvalue weighted by atomic mass is 10.1. The molecule has 4 heteroatoms. The van der Waals surface area contributed by atoms with Gasteiger partial charge in [0.05, 0.1) is 11.2 Å². The molecular formula is C16H12ClNOS. The number of rotatable bonds is 2. The van der Waals surface area contributed by atoms with Gasteiger partial charge in [-0.25, -0.2) is 0 Å². The Bertz CT molecular complexity index is 847. The quantitative estimate of drug-likeness (QED) is 0.671. The van der Waals surface area contributed by atoms with E-state index in [1.165, 1.54) is 12.8 Å². The van der Waals surface area contributed by atoms with Crippen LogP contribution in [0, 0.1) is 0 Å². The fourth-order valence-corrected chi connectivity index (χ4v) is 3.49. The van der Waals surface area contributed by atoms with Crippen molar-refractivity contribution in [3.05, 3.63) is 56.3 Å². The van der Waals surface area contributed by atoms with Crippen LogP contribution < -0.4 is 5.43 Å². The summed E-state index contributed by atoms with van der Waals surface area (Å²) < 4.78 is 2.28. The van der Waals surface area contributed by atoms with Gasteiger partial charge in [0.2, 0.25) is 0 Å². The molecule has 0 amide bonds. The molecule has 0 N–H and O–H groups in total. The predicted molar refractivity (Wildman–Crippen MR) is 84.8 cm³/mol. The highest BCUT2D eigenvalue weighted by molar-refractivity contribution is 7.08. The average Bonchev–Trinajstić information content (AvgIpc) is 3.12. The van der Waals surface area contributed by atoms with E-state index in [4.69, 9.17) is 11.6 Å². The van der Waals surface area contributed by atoms with Crippen molar-refractivity contribution < 1.29 is 0 Å². The van der Waals surface area contributed by atoms with E-state index in [0.29, 0.717) is 11.1 Å². The zero-order chi connectivity index (χ0) is 13.7. The fourth-order valence-electron chi connectivity index (χ4n) is 2.67. The zero-order valence-corrected chi connectivity index (χ0v) is 12.2. The van der Waals surface area contributed by atoms with Gasteiger partial charge in [-0.2, -0.15) is 11.3 Å². The molecule has 2 nitrogen and oxygen atoms in total. The molecule has 0 bridgehead atoms. The Morgan fingerprint density at radius 2 is 2.05 bits per heavy atom. The highest BCUT2D eigenvalue weighted by Gasteiger charge is 2.27. The van der Waals surface area contributed by atoms with Crippen LogP contribution in [0.3, 0.4) is 0 Å². The van der Waals surface area contributed by atoms with E-state index in [1.807, 2.05) is 17.5 Å². The molecule has 1 aromatic carbocycles. The first-order valence-electron chi connectivity index (χ1n) is 6.61. The summed E-state index contributed by atoms with van der Waals surface area (Å²) in [5.74, 6) is 0. The number of fused-ring (bicyclic) bond motifs is 1. The number of halogens is 1. The van der Waals surface area contributed by atoms with Crippen molar-refractivity contribution in [2.24, 2.45) is 0 Å². The lowest BCUT2D eigenvalue weighted by Crippen LogP contribution is -2.10. The monoisotopic (exact) mass is 301 g/mol. The Kier molecular flexibility index (Phi) is 2.72. The number of hydrogen-bond donors (Lipinski definition) is 0. The largest absolute Gasteiger partial charge is 0.337 e. The second-order valence-corrected chi connectivity index (χ2v) is 6.38. The first-order valence-corrected chi connectivity index (χ1v) is 7.93. The van der Waals surface area contributed by atoms with Gasteiger partial charge in [-0.3, -0.25) is 4.79 Å². The molecule has 1 aliphatic rings. The topological polar surface area (TPSA) is 22.0 Å². The summed E-state index contributed by atoms with van der Waals surface area (Å²) in [6.45, 7) is 0. The molecule has 20 heavy (non-hydrogen) atoms. The van der Waals surface area contributed by atoms with Crippen molar-refractivity contribution in [2.75, 3.05) is 0 Å². The van der Waals surface area contributed by atoms with Crippen LogP contribution in [0.5, 0.6) is 0 Å². The lowest BCUT2D eigenvalue weighted by molar-refractivity contribution is 0.775. The minimum absolute atomic E-state index is 0.0646. The maximum Gasteiger partial charge on any atom is 0.190 e. The summed E-state index contributed by atoms with van der Waals surface area (Å²) in [6, 6.07) is 9.84. The van der Waals surface area contributed by atoms with Crippen LogP contribution in [0.1, 0.15) is 18.9 Å². The van der Waals surface area contributed by atoms with Gasteiger partial charge >= 0.3 is 0 Å². The van der Waals surface area contributed by atoms with E-state index in [1.54, 1.807) is 23.5 Å². The zero-order valence-electron chi connectivity index (χ0n) is 10.7. The third-order valence-electron chi connectivity index (χ3n) is 3.74. The van der Waals surface area contributed by atoms with E-state index in [-0.39, 0.29) is 5.43 Å². The molecule has 0 radical (unpaired) electrons. The standard InChI is InChI=1S/C16H12ClNOS/c17-11-1-4-13-15(7-11)18(12-2-3-12)14(8-16(13)19)10-5-6-20-9-10/h1,4-9,12H,2-3H2. The second-order valence-electron chi connectivity index (χ2n) is 5.17. The molecule has 0 spiro atoms. The van der Waals surface area contributed by atoms with E-state index < -0.39 is 0 Å². The Morgan fingerprint density at radius 1 is 1.20 bits per heavy atom.